The quantitative estimate of drug-likeness (QED) is 0.818. The van der Waals surface area contributed by atoms with E-state index in [0.717, 1.165) is 6.54 Å². The molecule has 1 N–H and O–H groups in total. The van der Waals surface area contributed by atoms with Crippen LogP contribution in [0.4, 0.5) is 0 Å². The van der Waals surface area contributed by atoms with Crippen LogP contribution in [-0.4, -0.2) is 42.9 Å². The fraction of sp³-hybridized carbons (Fsp3) is 0.440. The molecule has 3 aliphatic carbocycles. The lowest BCUT2D eigenvalue weighted by molar-refractivity contribution is -0.904. The van der Waals surface area contributed by atoms with Crippen molar-refractivity contribution in [1.82, 2.24) is 4.90 Å². The Morgan fingerprint density at radius 2 is 1.17 bits per heavy atom. The van der Waals surface area contributed by atoms with Crippen molar-refractivity contribution in [3.63, 3.8) is 0 Å². The Kier molecular flexibility index (Phi) is 3.92. The van der Waals surface area contributed by atoms with Crippen LogP contribution in [0.3, 0.4) is 0 Å². The third-order valence-electron chi connectivity index (χ3n) is 7.79. The first-order valence-corrected chi connectivity index (χ1v) is 11.1. The number of hydrogen-bond donors (Lipinski definition) is 1. The largest absolute Gasteiger partial charge is 0.333 e. The van der Waals surface area contributed by atoms with E-state index in [1.807, 2.05) is 0 Å². The van der Waals surface area contributed by atoms with Gasteiger partial charge in [-0.05, 0) is 41.5 Å². The number of nitrogens with zero attached hydrogens (tertiary/aromatic N) is 1. The molecule has 2 saturated heterocycles. The fourth-order valence-corrected chi connectivity index (χ4v) is 6.53. The van der Waals surface area contributed by atoms with Crippen molar-refractivity contribution in [3.05, 3.63) is 70.8 Å². The Hall–Kier alpha value is -2.46. The van der Waals surface area contributed by atoms with Crippen LogP contribution in [0.2, 0.25) is 0 Å². The first kappa shape index (κ1) is 17.4. The van der Waals surface area contributed by atoms with E-state index in [0.29, 0.717) is 6.54 Å². The molecule has 2 amide bonds. The molecule has 29 heavy (non-hydrogen) atoms. The SMILES string of the molecule is O=C1[C@@H]2C3c4ccccc4C(c4ccccc43)[C@@H]2C(=O)N1CC[NH+]1CCCCC1. The van der Waals surface area contributed by atoms with Gasteiger partial charge >= 0.3 is 0 Å². The molecular weight excluding hydrogens is 360 g/mol. The number of hydrogen-bond acceptors (Lipinski definition) is 2. The third kappa shape index (κ3) is 2.42. The van der Waals surface area contributed by atoms with Crippen molar-refractivity contribution in [2.24, 2.45) is 11.8 Å². The highest BCUT2D eigenvalue weighted by Gasteiger charge is 2.61. The van der Waals surface area contributed by atoms with Crippen LogP contribution in [-0.2, 0) is 9.59 Å². The molecule has 0 aromatic heterocycles. The summed E-state index contributed by atoms with van der Waals surface area (Å²) in [6.07, 6.45) is 3.84. The highest BCUT2D eigenvalue weighted by molar-refractivity contribution is 6.07. The summed E-state index contributed by atoms with van der Waals surface area (Å²) in [4.78, 5) is 30.2. The molecule has 0 spiro atoms. The molecule has 0 unspecified atom stereocenters. The molecule has 2 bridgehead atoms. The van der Waals surface area contributed by atoms with Crippen LogP contribution in [0.15, 0.2) is 48.5 Å². The van der Waals surface area contributed by atoms with Crippen molar-refractivity contribution >= 4 is 11.8 Å². The zero-order valence-corrected chi connectivity index (χ0v) is 16.6. The number of rotatable bonds is 3. The summed E-state index contributed by atoms with van der Waals surface area (Å²) >= 11 is 0. The van der Waals surface area contributed by atoms with Crippen molar-refractivity contribution in [2.75, 3.05) is 26.2 Å². The van der Waals surface area contributed by atoms with Crippen molar-refractivity contribution < 1.29 is 14.5 Å². The van der Waals surface area contributed by atoms with E-state index in [1.165, 1.54) is 54.6 Å². The monoisotopic (exact) mass is 387 g/mol. The normalized spacial score (nSPS) is 30.3. The number of carbonyl (C=O) groups excluding carboxylic acids is 2. The molecule has 5 aliphatic rings. The second-order valence-corrected chi connectivity index (χ2v) is 9.15. The summed E-state index contributed by atoms with van der Waals surface area (Å²) in [5.74, 6) is -0.296. The summed E-state index contributed by atoms with van der Waals surface area (Å²) in [6.45, 7) is 3.81. The summed E-state index contributed by atoms with van der Waals surface area (Å²) in [5.41, 5.74) is 5.01. The van der Waals surface area contributed by atoms with E-state index in [4.69, 9.17) is 0 Å². The van der Waals surface area contributed by atoms with E-state index in [2.05, 4.69) is 48.5 Å². The molecule has 0 saturated carbocycles. The van der Waals surface area contributed by atoms with Gasteiger partial charge in [-0.1, -0.05) is 48.5 Å². The minimum Gasteiger partial charge on any atom is -0.333 e. The number of imide groups is 1. The Morgan fingerprint density at radius 3 is 1.62 bits per heavy atom. The number of likely N-dealkylation sites (tertiary alicyclic amines) is 2. The van der Waals surface area contributed by atoms with Gasteiger partial charge in [-0.15, -0.1) is 0 Å². The van der Waals surface area contributed by atoms with E-state index >= 15 is 0 Å². The number of benzene rings is 2. The zero-order valence-electron chi connectivity index (χ0n) is 16.6. The second kappa shape index (κ2) is 6.53. The van der Waals surface area contributed by atoms with Gasteiger partial charge in [0, 0.05) is 11.8 Å². The third-order valence-corrected chi connectivity index (χ3v) is 7.79. The minimum absolute atomic E-state index is 0.0150. The number of quaternary nitrogens is 1. The van der Waals surface area contributed by atoms with Crippen molar-refractivity contribution in [1.29, 1.82) is 0 Å². The number of amides is 2. The van der Waals surface area contributed by atoms with Crippen LogP contribution in [0.5, 0.6) is 0 Å². The summed E-state index contributed by atoms with van der Waals surface area (Å²) < 4.78 is 0. The van der Waals surface area contributed by atoms with Gasteiger partial charge in [-0.2, -0.15) is 0 Å². The topological polar surface area (TPSA) is 41.8 Å². The predicted molar refractivity (Wildman–Crippen MR) is 110 cm³/mol. The summed E-state index contributed by atoms with van der Waals surface area (Å²) in [6, 6.07) is 16.9. The molecule has 2 fully saturated rings. The molecule has 7 rings (SSSR count). The van der Waals surface area contributed by atoms with E-state index in [-0.39, 0.29) is 35.5 Å². The van der Waals surface area contributed by atoms with Gasteiger partial charge in [0.05, 0.1) is 38.0 Å². The Bertz CT molecular complexity index is 878. The standard InChI is InChI=1S/C25H26N2O2/c28-24-22-20-16-8-2-3-9-17(16)21(19-11-5-4-10-18(19)20)23(22)25(29)27(24)15-14-26-12-6-1-7-13-26/h2-5,8-11,20-23H,1,6-7,12-15H2/p+1/t20?,21?,22-,23+. The van der Waals surface area contributed by atoms with Crippen LogP contribution in [0.1, 0.15) is 53.4 Å². The molecule has 2 heterocycles. The van der Waals surface area contributed by atoms with Gasteiger partial charge in [-0.25, -0.2) is 0 Å². The molecule has 4 nitrogen and oxygen atoms in total. The van der Waals surface area contributed by atoms with Gasteiger partial charge < -0.3 is 4.90 Å². The maximum Gasteiger partial charge on any atom is 0.234 e. The lowest BCUT2D eigenvalue weighted by atomic mass is 9.55. The highest BCUT2D eigenvalue weighted by Crippen LogP contribution is 2.60. The van der Waals surface area contributed by atoms with Crippen LogP contribution in [0.25, 0.3) is 0 Å². The Labute approximate surface area is 171 Å². The molecule has 2 aliphatic heterocycles. The minimum atomic E-state index is -0.228. The molecule has 2 aromatic carbocycles. The first-order chi connectivity index (χ1) is 14.3. The van der Waals surface area contributed by atoms with Gasteiger partial charge in [0.2, 0.25) is 11.8 Å². The first-order valence-electron chi connectivity index (χ1n) is 11.1. The lowest BCUT2D eigenvalue weighted by Gasteiger charge is -2.45. The number of carbonyl (C=O) groups is 2. The Morgan fingerprint density at radius 1 is 0.724 bits per heavy atom. The maximum atomic E-state index is 13.5. The average Bonchev–Trinajstić information content (AvgIpc) is 3.03. The smallest absolute Gasteiger partial charge is 0.234 e. The maximum absolute atomic E-state index is 13.5. The molecule has 2 aromatic rings. The van der Waals surface area contributed by atoms with Gasteiger partial charge in [0.15, 0.2) is 0 Å². The van der Waals surface area contributed by atoms with Gasteiger partial charge in [-0.3, -0.25) is 14.5 Å². The van der Waals surface area contributed by atoms with E-state index in [1.54, 1.807) is 9.80 Å². The van der Waals surface area contributed by atoms with Crippen LogP contribution >= 0.6 is 0 Å². The molecule has 2 atom stereocenters. The molecular formula is C25H27N2O2+. The van der Waals surface area contributed by atoms with Crippen LogP contribution in [0, 0.1) is 11.8 Å². The number of nitrogens with one attached hydrogen (secondary N) is 1. The molecule has 0 radical (unpaired) electrons. The zero-order chi connectivity index (χ0) is 19.5. The fourth-order valence-electron chi connectivity index (χ4n) is 6.53. The van der Waals surface area contributed by atoms with Crippen LogP contribution < -0.4 is 4.90 Å². The molecule has 4 heteroatoms. The van der Waals surface area contributed by atoms with E-state index in [9.17, 15) is 9.59 Å². The van der Waals surface area contributed by atoms with Crippen molar-refractivity contribution in [2.45, 2.75) is 31.1 Å². The average molecular weight is 388 g/mol. The van der Waals surface area contributed by atoms with Crippen molar-refractivity contribution in [3.8, 4) is 0 Å². The number of piperidine rings is 1. The summed E-state index contributed by atoms with van der Waals surface area (Å²) in [5, 5.41) is 0. The summed E-state index contributed by atoms with van der Waals surface area (Å²) in [7, 11) is 0. The van der Waals surface area contributed by atoms with Gasteiger partial charge in [0.25, 0.3) is 0 Å². The van der Waals surface area contributed by atoms with E-state index < -0.39 is 0 Å². The van der Waals surface area contributed by atoms with Gasteiger partial charge in [0.1, 0.15) is 0 Å². The predicted octanol–water partition coefficient (Wildman–Crippen LogP) is 1.95. The highest BCUT2D eigenvalue weighted by atomic mass is 16.2. The second-order valence-electron chi connectivity index (χ2n) is 9.15. The Balaban J connectivity index is 1.37. The lowest BCUT2D eigenvalue weighted by Crippen LogP contribution is -3.13. The molecule has 148 valence electrons.